The van der Waals surface area contributed by atoms with Crippen molar-refractivity contribution in [3.05, 3.63) is 81.9 Å². The van der Waals surface area contributed by atoms with Crippen LogP contribution in [0.2, 0.25) is 0 Å². The third kappa shape index (κ3) is 4.06. The van der Waals surface area contributed by atoms with Crippen molar-refractivity contribution in [1.29, 1.82) is 0 Å². The molecule has 0 unspecified atom stereocenters. The Morgan fingerprint density at radius 1 is 1.12 bits per heavy atom. The van der Waals surface area contributed by atoms with Crippen LogP contribution in [0.25, 0.3) is 17.4 Å². The molecule has 11 heteroatoms. The molecular weight excluding hydrogens is 437 g/mol. The van der Waals surface area contributed by atoms with E-state index in [2.05, 4.69) is 0 Å². The Kier molecular flexibility index (Phi) is 5.44. The maximum absolute atomic E-state index is 13.6. The van der Waals surface area contributed by atoms with Gasteiger partial charge in [-0.15, -0.1) is 0 Å². The van der Waals surface area contributed by atoms with Gasteiger partial charge >= 0.3 is 6.03 Å². The molecule has 0 bridgehead atoms. The molecule has 33 heavy (non-hydrogen) atoms. The molecule has 4 rings (SSSR count). The number of benzene rings is 2. The number of amides is 4. The number of rotatable bonds is 5. The molecule has 0 aliphatic carbocycles. The number of methoxy groups -OCH3 is 1. The minimum absolute atomic E-state index is 0.0494. The second-order valence-corrected chi connectivity index (χ2v) is 6.78. The molecule has 2 aromatic carbocycles. The summed E-state index contributed by atoms with van der Waals surface area (Å²) in [6, 6.07) is 10.7. The molecule has 0 atom stereocenters. The first-order valence-corrected chi connectivity index (χ1v) is 9.38. The molecule has 1 fully saturated rings. The van der Waals surface area contributed by atoms with Crippen molar-refractivity contribution in [2.75, 3.05) is 12.0 Å². The highest BCUT2D eigenvalue weighted by atomic mass is 19.1. The number of nitrogens with zero attached hydrogens (tertiary/aromatic N) is 2. The van der Waals surface area contributed by atoms with E-state index in [9.17, 15) is 28.9 Å². The predicted octanol–water partition coefficient (Wildman–Crippen LogP) is 3.67. The van der Waals surface area contributed by atoms with E-state index < -0.39 is 34.2 Å². The Morgan fingerprint density at radius 3 is 2.61 bits per heavy atom. The van der Waals surface area contributed by atoms with Gasteiger partial charge in [-0.05, 0) is 42.5 Å². The van der Waals surface area contributed by atoms with Crippen LogP contribution in [0.1, 0.15) is 5.76 Å². The monoisotopic (exact) mass is 451 g/mol. The summed E-state index contributed by atoms with van der Waals surface area (Å²) in [6.45, 7) is 0. The fraction of sp³-hybridized carbons (Fsp3) is 0.0455. The zero-order valence-electron chi connectivity index (χ0n) is 16.9. The zero-order chi connectivity index (χ0) is 23.7. The Morgan fingerprint density at radius 2 is 1.91 bits per heavy atom. The molecule has 1 aliphatic rings. The summed E-state index contributed by atoms with van der Waals surface area (Å²) in [6.07, 6.45) is 1.14. The molecule has 4 amide bonds. The number of nitro groups is 1. The van der Waals surface area contributed by atoms with Gasteiger partial charge < -0.3 is 9.15 Å². The third-order valence-corrected chi connectivity index (χ3v) is 4.74. The number of nitrogens with one attached hydrogen (secondary N) is 1. The van der Waals surface area contributed by atoms with Crippen molar-refractivity contribution in [3.8, 4) is 17.1 Å². The van der Waals surface area contributed by atoms with Crippen molar-refractivity contribution >= 4 is 35.3 Å². The summed E-state index contributed by atoms with van der Waals surface area (Å²) in [5, 5.41) is 13.0. The highest BCUT2D eigenvalue weighted by molar-refractivity contribution is 6.39. The standard InChI is InChI=1S/C22H14FN3O7/c1-32-19-10-14(26(30)31)5-7-16(19)18-8-6-15(33-18)11-17-20(27)24-22(29)25(21(17)28)13-4-2-3-12(23)9-13/h2-11H,1H3,(H,24,27,29)/b17-11+. The maximum atomic E-state index is 13.6. The van der Waals surface area contributed by atoms with Gasteiger partial charge in [-0.25, -0.2) is 14.1 Å². The number of furan rings is 1. The Labute approximate surface area is 185 Å². The number of non-ortho nitro benzene ring substituents is 1. The largest absolute Gasteiger partial charge is 0.496 e. The fourth-order valence-corrected chi connectivity index (χ4v) is 3.22. The van der Waals surface area contributed by atoms with Gasteiger partial charge in [0.15, 0.2) is 0 Å². The summed E-state index contributed by atoms with van der Waals surface area (Å²) >= 11 is 0. The average Bonchev–Trinajstić information content (AvgIpc) is 3.24. The number of urea groups is 1. The minimum Gasteiger partial charge on any atom is -0.496 e. The second-order valence-electron chi connectivity index (χ2n) is 6.78. The van der Waals surface area contributed by atoms with Gasteiger partial charge in [-0.2, -0.15) is 0 Å². The number of hydrogen-bond donors (Lipinski definition) is 1. The number of nitro benzene ring substituents is 1. The molecule has 1 aliphatic heterocycles. The average molecular weight is 451 g/mol. The summed E-state index contributed by atoms with van der Waals surface area (Å²) in [7, 11) is 1.34. The van der Waals surface area contributed by atoms with E-state index in [0.29, 0.717) is 10.5 Å². The number of carbonyl (C=O) groups excluding carboxylic acids is 3. The molecule has 166 valence electrons. The Bertz CT molecular complexity index is 1350. The number of imide groups is 2. The lowest BCUT2D eigenvalue weighted by atomic mass is 10.1. The van der Waals surface area contributed by atoms with Crippen LogP contribution in [0.3, 0.4) is 0 Å². The lowest BCUT2D eigenvalue weighted by molar-refractivity contribution is -0.384. The van der Waals surface area contributed by atoms with E-state index >= 15 is 0 Å². The maximum Gasteiger partial charge on any atom is 0.335 e. The Balaban J connectivity index is 1.68. The van der Waals surface area contributed by atoms with Crippen molar-refractivity contribution in [2.45, 2.75) is 0 Å². The van der Waals surface area contributed by atoms with Gasteiger partial charge in [-0.1, -0.05) is 6.07 Å². The quantitative estimate of drug-likeness (QED) is 0.271. The van der Waals surface area contributed by atoms with E-state index in [0.717, 1.165) is 18.2 Å². The van der Waals surface area contributed by atoms with Gasteiger partial charge in [-0.3, -0.25) is 25.0 Å². The molecule has 0 spiro atoms. The highest BCUT2D eigenvalue weighted by Gasteiger charge is 2.37. The lowest BCUT2D eigenvalue weighted by Gasteiger charge is -2.26. The number of halogens is 1. The number of hydrogen-bond acceptors (Lipinski definition) is 7. The van der Waals surface area contributed by atoms with Crippen molar-refractivity contribution in [3.63, 3.8) is 0 Å². The van der Waals surface area contributed by atoms with Gasteiger partial charge in [0.2, 0.25) is 0 Å². The van der Waals surface area contributed by atoms with Crippen LogP contribution in [-0.2, 0) is 9.59 Å². The smallest absolute Gasteiger partial charge is 0.335 e. The second kappa shape index (κ2) is 8.38. The first-order chi connectivity index (χ1) is 15.8. The van der Waals surface area contributed by atoms with Crippen LogP contribution in [-0.4, -0.2) is 29.9 Å². The van der Waals surface area contributed by atoms with Crippen LogP contribution < -0.4 is 15.0 Å². The first-order valence-electron chi connectivity index (χ1n) is 9.38. The first kappa shape index (κ1) is 21.4. The summed E-state index contributed by atoms with van der Waals surface area (Å²) in [4.78, 5) is 48.4. The molecule has 1 saturated heterocycles. The van der Waals surface area contributed by atoms with E-state index in [-0.39, 0.29) is 28.6 Å². The predicted molar refractivity (Wildman–Crippen MR) is 113 cm³/mol. The molecule has 1 N–H and O–H groups in total. The van der Waals surface area contributed by atoms with E-state index in [1.807, 2.05) is 5.32 Å². The minimum atomic E-state index is -1.01. The van der Waals surface area contributed by atoms with Gasteiger partial charge in [0.1, 0.15) is 28.7 Å². The Hall–Kier alpha value is -4.80. The van der Waals surface area contributed by atoms with Gasteiger partial charge in [0.25, 0.3) is 17.5 Å². The number of carbonyl (C=O) groups is 3. The molecule has 1 aromatic heterocycles. The van der Waals surface area contributed by atoms with Gasteiger partial charge in [0.05, 0.1) is 29.4 Å². The fourth-order valence-electron chi connectivity index (χ4n) is 3.22. The topological polar surface area (TPSA) is 132 Å². The molecular formula is C22H14FN3O7. The molecule has 10 nitrogen and oxygen atoms in total. The molecule has 0 radical (unpaired) electrons. The van der Waals surface area contributed by atoms with Crippen LogP contribution >= 0.6 is 0 Å². The zero-order valence-corrected chi connectivity index (χ0v) is 16.9. The van der Waals surface area contributed by atoms with Gasteiger partial charge in [0, 0.05) is 6.07 Å². The summed E-state index contributed by atoms with van der Waals surface area (Å²) in [5.41, 5.74) is -0.220. The van der Waals surface area contributed by atoms with Crippen LogP contribution in [0.5, 0.6) is 5.75 Å². The van der Waals surface area contributed by atoms with Crippen molar-refractivity contribution < 1.29 is 32.9 Å². The lowest BCUT2D eigenvalue weighted by Crippen LogP contribution is -2.54. The molecule has 2 heterocycles. The third-order valence-electron chi connectivity index (χ3n) is 4.74. The molecule has 0 saturated carbocycles. The van der Waals surface area contributed by atoms with Crippen molar-refractivity contribution in [2.24, 2.45) is 0 Å². The number of barbiturate groups is 1. The van der Waals surface area contributed by atoms with Crippen molar-refractivity contribution in [1.82, 2.24) is 5.32 Å². The highest BCUT2D eigenvalue weighted by Crippen LogP contribution is 2.34. The normalized spacial score (nSPS) is 15.0. The van der Waals surface area contributed by atoms with E-state index in [4.69, 9.17) is 9.15 Å². The van der Waals surface area contributed by atoms with Crippen LogP contribution in [0, 0.1) is 15.9 Å². The number of ether oxygens (including phenoxy) is 1. The van der Waals surface area contributed by atoms with E-state index in [1.54, 1.807) is 0 Å². The molecule has 3 aromatic rings. The number of anilines is 1. The SMILES string of the molecule is COc1cc([N+](=O)[O-])ccc1-c1ccc(/C=C2\C(=O)NC(=O)N(c3cccc(F)c3)C2=O)o1. The summed E-state index contributed by atoms with van der Waals surface area (Å²) in [5.74, 6) is -2.02. The van der Waals surface area contributed by atoms with E-state index in [1.165, 1.54) is 49.6 Å². The summed E-state index contributed by atoms with van der Waals surface area (Å²) < 4.78 is 24.5. The van der Waals surface area contributed by atoms with Crippen LogP contribution in [0.15, 0.2) is 64.6 Å². The van der Waals surface area contributed by atoms with Crippen LogP contribution in [0.4, 0.5) is 20.6 Å².